The van der Waals surface area contributed by atoms with E-state index < -0.39 is 11.8 Å². The van der Waals surface area contributed by atoms with Crippen LogP contribution >= 0.6 is 0 Å². The van der Waals surface area contributed by atoms with Crippen LogP contribution in [0.5, 0.6) is 0 Å². The highest BCUT2D eigenvalue weighted by Gasteiger charge is 2.59. The zero-order valence-electron chi connectivity index (χ0n) is 12.7. The van der Waals surface area contributed by atoms with Gasteiger partial charge in [-0.1, -0.05) is 0 Å². The molecule has 114 valence electrons. The Labute approximate surface area is 127 Å². The largest absolute Gasteiger partial charge is 0.502 e. The van der Waals surface area contributed by atoms with Crippen molar-refractivity contribution in [3.8, 4) is 0 Å². The number of carbonyl (C=O) groups is 1. The van der Waals surface area contributed by atoms with Crippen molar-refractivity contribution in [3.05, 3.63) is 56.2 Å². The Hall–Kier alpha value is -2.90. The van der Waals surface area contributed by atoms with Gasteiger partial charge in [0, 0.05) is 0 Å². The molecule has 3 aromatic heterocycles. The van der Waals surface area contributed by atoms with Crippen LogP contribution in [-0.4, -0.2) is 24.8 Å². The van der Waals surface area contributed by atoms with Gasteiger partial charge < -0.3 is 5.11 Å². The van der Waals surface area contributed by atoms with Crippen molar-refractivity contribution in [2.24, 2.45) is 21.1 Å². The van der Waals surface area contributed by atoms with Crippen LogP contribution in [-0.2, 0) is 31.7 Å². The zero-order valence-corrected chi connectivity index (χ0v) is 12.7. The summed E-state index contributed by atoms with van der Waals surface area (Å²) in [5, 5.41) is 10.1. The molecule has 8 heteroatoms. The third kappa shape index (κ3) is 1.92. The van der Waals surface area contributed by atoms with E-state index in [-0.39, 0.29) is 0 Å². The number of aliphatic carboxylic acids is 1. The molecule has 0 aliphatic rings. The lowest BCUT2D eigenvalue weighted by atomic mass is 10.3. The van der Waals surface area contributed by atoms with Crippen LogP contribution in [0.15, 0.2) is 56.2 Å². The second-order valence-electron chi connectivity index (χ2n) is 5.40. The van der Waals surface area contributed by atoms with E-state index in [1.807, 2.05) is 53.4 Å². The maximum atomic E-state index is 12.4. The molecular formula is C14H19N6O2+3. The summed E-state index contributed by atoms with van der Waals surface area (Å²) in [5.41, 5.74) is 0. The van der Waals surface area contributed by atoms with Crippen molar-refractivity contribution in [2.45, 2.75) is 5.79 Å². The van der Waals surface area contributed by atoms with Gasteiger partial charge in [0.15, 0.2) is 0 Å². The number of nitrogens with zero attached hydrogens (tertiary/aromatic N) is 6. The van der Waals surface area contributed by atoms with E-state index in [9.17, 15) is 9.90 Å². The minimum atomic E-state index is -1.45. The maximum absolute atomic E-state index is 12.4. The van der Waals surface area contributed by atoms with Gasteiger partial charge in [-0.15, -0.1) is 13.7 Å². The second kappa shape index (κ2) is 4.83. The van der Waals surface area contributed by atoms with E-state index in [0.29, 0.717) is 0 Å². The number of carboxylic acids is 1. The number of imidazole rings is 3. The Kier molecular flexibility index (Phi) is 3.09. The van der Waals surface area contributed by atoms with Crippen LogP contribution in [0.25, 0.3) is 0 Å². The average Bonchev–Trinajstić information content (AvgIpc) is 3.15. The van der Waals surface area contributed by atoms with Gasteiger partial charge in [-0.3, -0.25) is 0 Å². The van der Waals surface area contributed by atoms with Gasteiger partial charge >= 0.3 is 11.8 Å². The first-order chi connectivity index (χ1) is 10.4. The van der Waals surface area contributed by atoms with Crippen LogP contribution in [0.3, 0.4) is 0 Å². The fourth-order valence-electron chi connectivity index (χ4n) is 2.64. The van der Waals surface area contributed by atoms with E-state index >= 15 is 0 Å². The lowest BCUT2D eigenvalue weighted by Crippen LogP contribution is -2.54. The predicted octanol–water partition coefficient (Wildman–Crippen LogP) is -1.64. The molecular weight excluding hydrogens is 284 g/mol. The number of aryl methyl sites for hydroxylation is 3. The molecule has 0 spiro atoms. The summed E-state index contributed by atoms with van der Waals surface area (Å²) in [6.07, 6.45) is 15.9. The molecule has 0 saturated heterocycles. The summed E-state index contributed by atoms with van der Waals surface area (Å²) in [4.78, 5) is 12.4. The predicted molar refractivity (Wildman–Crippen MR) is 73.2 cm³/mol. The van der Waals surface area contributed by atoms with Gasteiger partial charge in [0.05, 0.1) is 21.1 Å². The molecule has 1 N–H and O–H groups in total. The molecule has 8 nitrogen and oxygen atoms in total. The number of hydrogen-bond acceptors (Lipinski definition) is 1. The van der Waals surface area contributed by atoms with Gasteiger partial charge in [0.2, 0.25) is 0 Å². The van der Waals surface area contributed by atoms with E-state index in [1.54, 1.807) is 51.3 Å². The van der Waals surface area contributed by atoms with Gasteiger partial charge in [-0.2, -0.15) is 0 Å². The molecule has 0 radical (unpaired) electrons. The molecule has 0 saturated carbocycles. The number of aromatic nitrogens is 6. The van der Waals surface area contributed by atoms with Crippen molar-refractivity contribution in [3.63, 3.8) is 0 Å². The van der Waals surface area contributed by atoms with Gasteiger partial charge in [0.1, 0.15) is 37.2 Å². The molecule has 0 unspecified atom stereocenters. The fourth-order valence-corrected chi connectivity index (χ4v) is 2.64. The first-order valence-electron chi connectivity index (χ1n) is 6.79. The quantitative estimate of drug-likeness (QED) is 0.587. The molecule has 0 amide bonds. The van der Waals surface area contributed by atoms with Crippen molar-refractivity contribution >= 4 is 5.97 Å². The number of carboxylic acid groups (broad SMARTS) is 1. The lowest BCUT2D eigenvalue weighted by Gasteiger charge is -2.18. The van der Waals surface area contributed by atoms with E-state index in [4.69, 9.17) is 0 Å². The standard InChI is InChI=1S/C14H18N6O2/c1-15-4-7-18(10-15)14(13(21)22,19-8-5-16(2)11-19)20-9-6-17(3)12-20/h4-12H,1-3H3/q+2/p+1. The van der Waals surface area contributed by atoms with Crippen LogP contribution in [0.2, 0.25) is 0 Å². The van der Waals surface area contributed by atoms with Crippen LogP contribution < -0.4 is 13.7 Å². The van der Waals surface area contributed by atoms with Gasteiger partial charge in [-0.25, -0.2) is 18.5 Å². The van der Waals surface area contributed by atoms with E-state index in [1.165, 1.54) is 0 Å². The Balaban J connectivity index is 2.35. The van der Waals surface area contributed by atoms with Crippen molar-refractivity contribution in [1.29, 1.82) is 0 Å². The highest BCUT2D eigenvalue weighted by molar-refractivity contribution is 5.76. The van der Waals surface area contributed by atoms with Crippen molar-refractivity contribution in [2.75, 3.05) is 0 Å². The summed E-state index contributed by atoms with van der Waals surface area (Å²) >= 11 is 0. The Morgan fingerprint density at radius 1 is 0.818 bits per heavy atom. The summed E-state index contributed by atoms with van der Waals surface area (Å²) in [7, 11) is 5.57. The van der Waals surface area contributed by atoms with Crippen LogP contribution in [0, 0.1) is 0 Å². The normalized spacial score (nSPS) is 11.8. The monoisotopic (exact) mass is 303 g/mol. The van der Waals surface area contributed by atoms with E-state index in [0.717, 1.165) is 0 Å². The molecule has 0 aromatic carbocycles. The van der Waals surface area contributed by atoms with Crippen LogP contribution in [0.4, 0.5) is 0 Å². The SMILES string of the molecule is C[n+]1ccn(C(C(=O)O)(n2cc[n+](C)c2)n2cc[n+](C)c2)c1. The summed E-state index contributed by atoms with van der Waals surface area (Å²) in [6.45, 7) is 0. The third-order valence-electron chi connectivity index (χ3n) is 3.67. The molecule has 0 atom stereocenters. The average molecular weight is 303 g/mol. The smallest absolute Gasteiger partial charge is 0.471 e. The molecule has 0 aliphatic heterocycles. The highest BCUT2D eigenvalue weighted by Crippen LogP contribution is 2.21. The molecule has 0 aliphatic carbocycles. The second-order valence-corrected chi connectivity index (χ2v) is 5.40. The summed E-state index contributed by atoms with van der Waals surface area (Å²) in [5.74, 6) is -2.44. The van der Waals surface area contributed by atoms with Gasteiger partial charge in [-0.05, 0) is 0 Å². The van der Waals surface area contributed by atoms with Crippen molar-refractivity contribution in [1.82, 2.24) is 13.7 Å². The molecule has 3 aromatic rings. The fraction of sp³-hybridized carbons (Fsp3) is 0.286. The minimum absolute atomic E-state index is 0.990. The number of hydrogen-bond donors (Lipinski definition) is 1. The van der Waals surface area contributed by atoms with E-state index in [2.05, 4.69) is 0 Å². The third-order valence-corrected chi connectivity index (χ3v) is 3.67. The maximum Gasteiger partial charge on any atom is 0.502 e. The summed E-state index contributed by atoms with van der Waals surface area (Å²) < 4.78 is 10.4. The van der Waals surface area contributed by atoms with Crippen molar-refractivity contribution < 1.29 is 23.6 Å². The topological polar surface area (TPSA) is 63.7 Å². The first-order valence-corrected chi connectivity index (χ1v) is 6.79. The molecule has 0 bridgehead atoms. The van der Waals surface area contributed by atoms with Gasteiger partial charge in [0.25, 0.3) is 19.0 Å². The number of rotatable bonds is 4. The summed E-state index contributed by atoms with van der Waals surface area (Å²) in [6, 6.07) is 0. The Morgan fingerprint density at radius 3 is 1.32 bits per heavy atom. The molecule has 0 fully saturated rings. The first kappa shape index (κ1) is 14.1. The van der Waals surface area contributed by atoms with Crippen LogP contribution in [0.1, 0.15) is 0 Å². The Bertz CT molecular complexity index is 729. The zero-order chi connectivity index (χ0) is 15.9. The highest BCUT2D eigenvalue weighted by atomic mass is 16.4. The molecule has 3 heterocycles. The minimum Gasteiger partial charge on any atom is -0.471 e. The molecule has 3 rings (SSSR count). The Morgan fingerprint density at radius 2 is 1.14 bits per heavy atom. The lowest BCUT2D eigenvalue weighted by molar-refractivity contribution is -0.673. The molecule has 22 heavy (non-hydrogen) atoms.